The van der Waals surface area contributed by atoms with Crippen LogP contribution in [0.2, 0.25) is 0 Å². The molecule has 1 aliphatic heterocycles. The molecule has 0 radical (unpaired) electrons. The number of aliphatic imine (C=N–C) groups is 1. The Morgan fingerprint density at radius 1 is 1.10 bits per heavy atom. The van der Waals surface area contributed by atoms with Gasteiger partial charge in [0.15, 0.2) is 0 Å². The third kappa shape index (κ3) is 2.81. The molecule has 1 aliphatic rings. The number of H-pyrrole nitrogens is 1. The monoisotopic (exact) mass is 383 g/mol. The van der Waals surface area contributed by atoms with Crippen LogP contribution in [0.15, 0.2) is 62.8 Å². The third-order valence-electron chi connectivity index (χ3n) is 5.28. The van der Waals surface area contributed by atoms with Gasteiger partial charge < -0.3 is 9.51 Å². The van der Waals surface area contributed by atoms with E-state index in [0.29, 0.717) is 17.6 Å². The molecule has 0 bridgehead atoms. The number of ketones is 1. The maximum Gasteiger partial charge on any atom is 0.259 e. The molecule has 0 atom stereocenters. The number of carbonyl (C=O) groups excluding carboxylic acids is 1. The lowest BCUT2D eigenvalue weighted by Gasteiger charge is -2.06. The van der Waals surface area contributed by atoms with Crippen LogP contribution >= 0.6 is 0 Å². The summed E-state index contributed by atoms with van der Waals surface area (Å²) in [5.41, 5.74) is 5.15. The number of nitrogens with zero attached hydrogens (tertiary/aromatic N) is 2. The van der Waals surface area contributed by atoms with Crippen LogP contribution in [-0.2, 0) is 6.42 Å². The van der Waals surface area contributed by atoms with E-state index in [4.69, 9.17) is 4.52 Å². The Balaban J connectivity index is 1.59. The SMILES string of the molecule is Cc1noc(C)c1-c1ccc2[nH]c(=O)c(C(=O)C3=Nc4ccccc4C3)cc2c1. The van der Waals surface area contributed by atoms with Crippen LogP contribution in [0.4, 0.5) is 5.69 Å². The van der Waals surface area contributed by atoms with E-state index < -0.39 is 5.56 Å². The van der Waals surface area contributed by atoms with Crippen molar-refractivity contribution in [1.29, 1.82) is 0 Å². The number of nitrogens with one attached hydrogen (secondary N) is 1. The molecule has 0 fully saturated rings. The number of hydrogen-bond donors (Lipinski definition) is 1. The van der Waals surface area contributed by atoms with Gasteiger partial charge in [-0.2, -0.15) is 0 Å². The Labute approximate surface area is 165 Å². The lowest BCUT2D eigenvalue weighted by molar-refractivity contribution is 0.106. The predicted molar refractivity (Wildman–Crippen MR) is 111 cm³/mol. The van der Waals surface area contributed by atoms with Crippen LogP contribution in [0.1, 0.15) is 27.4 Å². The van der Waals surface area contributed by atoms with Crippen molar-refractivity contribution in [3.8, 4) is 11.1 Å². The topological polar surface area (TPSA) is 88.3 Å². The zero-order valence-electron chi connectivity index (χ0n) is 15.9. The second kappa shape index (κ2) is 6.38. The molecule has 0 amide bonds. The van der Waals surface area contributed by atoms with Crippen LogP contribution in [0.25, 0.3) is 22.0 Å². The Hall–Kier alpha value is -3.80. The summed E-state index contributed by atoms with van der Waals surface area (Å²) in [6.07, 6.45) is 0.436. The lowest BCUT2D eigenvalue weighted by atomic mass is 9.99. The summed E-state index contributed by atoms with van der Waals surface area (Å²) in [5.74, 6) is 0.382. The van der Waals surface area contributed by atoms with Crippen molar-refractivity contribution in [3.63, 3.8) is 0 Å². The van der Waals surface area contributed by atoms with Gasteiger partial charge in [0.25, 0.3) is 5.56 Å². The van der Waals surface area contributed by atoms with Crippen molar-refractivity contribution in [3.05, 3.63) is 81.5 Å². The molecule has 0 unspecified atom stereocenters. The van der Waals surface area contributed by atoms with Crippen molar-refractivity contribution >= 4 is 28.1 Å². The molecule has 0 aliphatic carbocycles. The van der Waals surface area contributed by atoms with Gasteiger partial charge in [0, 0.05) is 17.5 Å². The molecule has 1 N–H and O–H groups in total. The molecule has 29 heavy (non-hydrogen) atoms. The molecule has 6 nitrogen and oxygen atoms in total. The van der Waals surface area contributed by atoms with E-state index in [2.05, 4.69) is 15.1 Å². The normalized spacial score (nSPS) is 12.8. The van der Waals surface area contributed by atoms with Crippen molar-refractivity contribution in [1.82, 2.24) is 10.1 Å². The van der Waals surface area contributed by atoms with Crippen molar-refractivity contribution < 1.29 is 9.32 Å². The maximum absolute atomic E-state index is 13.0. The minimum absolute atomic E-state index is 0.0972. The first-order chi connectivity index (χ1) is 14.0. The highest BCUT2D eigenvalue weighted by Gasteiger charge is 2.24. The van der Waals surface area contributed by atoms with E-state index in [-0.39, 0.29) is 11.3 Å². The zero-order valence-corrected chi connectivity index (χ0v) is 15.9. The van der Waals surface area contributed by atoms with E-state index in [0.717, 1.165) is 39.2 Å². The Bertz CT molecular complexity index is 1370. The maximum atomic E-state index is 13.0. The molecular formula is C23H17N3O3. The van der Waals surface area contributed by atoms with Crippen LogP contribution in [-0.4, -0.2) is 21.6 Å². The number of hydrogen-bond acceptors (Lipinski definition) is 5. The van der Waals surface area contributed by atoms with E-state index in [9.17, 15) is 9.59 Å². The molecule has 4 aromatic rings. The summed E-state index contributed by atoms with van der Waals surface area (Å²) < 4.78 is 5.26. The summed E-state index contributed by atoms with van der Waals surface area (Å²) in [7, 11) is 0. The number of aryl methyl sites for hydroxylation is 2. The summed E-state index contributed by atoms with van der Waals surface area (Å²) in [6, 6.07) is 14.9. The Kier molecular flexibility index (Phi) is 3.81. The van der Waals surface area contributed by atoms with Gasteiger partial charge in [-0.05, 0) is 54.6 Å². The van der Waals surface area contributed by atoms with Gasteiger partial charge in [0.1, 0.15) is 5.76 Å². The molecule has 2 aromatic carbocycles. The van der Waals surface area contributed by atoms with E-state index in [1.165, 1.54) is 0 Å². The van der Waals surface area contributed by atoms with Gasteiger partial charge in [-0.3, -0.25) is 9.59 Å². The van der Waals surface area contributed by atoms with Gasteiger partial charge in [-0.25, -0.2) is 4.99 Å². The fourth-order valence-corrected chi connectivity index (χ4v) is 3.85. The number of para-hydroxylation sites is 1. The number of benzene rings is 2. The van der Waals surface area contributed by atoms with Gasteiger partial charge in [0.2, 0.25) is 5.78 Å². The molecule has 142 valence electrons. The number of rotatable bonds is 3. The van der Waals surface area contributed by atoms with Crippen molar-refractivity contribution in [2.75, 3.05) is 0 Å². The van der Waals surface area contributed by atoms with E-state index in [1.807, 2.05) is 56.3 Å². The predicted octanol–water partition coefficient (Wildman–Crippen LogP) is 4.31. The first-order valence-electron chi connectivity index (χ1n) is 9.32. The van der Waals surface area contributed by atoms with Crippen LogP contribution in [0.3, 0.4) is 0 Å². The highest BCUT2D eigenvalue weighted by Crippen LogP contribution is 2.30. The molecule has 2 aromatic heterocycles. The number of Topliss-reactive ketones (excluding diaryl/α,β-unsaturated/α-hetero) is 1. The quantitative estimate of drug-likeness (QED) is 0.534. The first-order valence-corrected chi connectivity index (χ1v) is 9.32. The van der Waals surface area contributed by atoms with Gasteiger partial charge in [0.05, 0.1) is 22.7 Å². The number of aromatic nitrogens is 2. The average molecular weight is 383 g/mol. The fourth-order valence-electron chi connectivity index (χ4n) is 3.85. The second-order valence-corrected chi connectivity index (χ2v) is 7.21. The van der Waals surface area contributed by atoms with Gasteiger partial charge in [-0.15, -0.1) is 0 Å². The smallest absolute Gasteiger partial charge is 0.259 e. The Morgan fingerprint density at radius 3 is 2.69 bits per heavy atom. The molecule has 5 rings (SSSR count). The molecule has 3 heterocycles. The fraction of sp³-hybridized carbons (Fsp3) is 0.130. The standard InChI is InChI=1S/C23H17N3O3/c1-12-21(13(2)29-26-12)15-7-8-19-16(9-15)10-17(23(28)25-19)22(27)20-11-14-5-3-4-6-18(14)24-20/h3-10H,11H2,1-2H3,(H,25,28). The highest BCUT2D eigenvalue weighted by atomic mass is 16.5. The molecular weight excluding hydrogens is 366 g/mol. The summed E-state index contributed by atoms with van der Waals surface area (Å²) in [4.78, 5) is 32.8. The van der Waals surface area contributed by atoms with Gasteiger partial charge in [-0.1, -0.05) is 29.4 Å². The number of fused-ring (bicyclic) bond motifs is 2. The zero-order chi connectivity index (χ0) is 20.1. The third-order valence-corrected chi connectivity index (χ3v) is 5.28. The average Bonchev–Trinajstić information content (AvgIpc) is 3.29. The first kappa shape index (κ1) is 17.3. The summed E-state index contributed by atoms with van der Waals surface area (Å²) in [6.45, 7) is 3.74. The van der Waals surface area contributed by atoms with E-state index >= 15 is 0 Å². The van der Waals surface area contributed by atoms with Crippen molar-refractivity contribution in [2.24, 2.45) is 4.99 Å². The molecule has 0 saturated heterocycles. The molecule has 0 spiro atoms. The number of pyridine rings is 1. The summed E-state index contributed by atoms with van der Waals surface area (Å²) in [5, 5.41) is 4.77. The number of aromatic amines is 1. The second-order valence-electron chi connectivity index (χ2n) is 7.21. The minimum Gasteiger partial charge on any atom is -0.361 e. The lowest BCUT2D eigenvalue weighted by Crippen LogP contribution is -2.24. The number of carbonyl (C=O) groups is 1. The molecule has 6 heteroatoms. The Morgan fingerprint density at radius 2 is 1.93 bits per heavy atom. The van der Waals surface area contributed by atoms with E-state index in [1.54, 1.807) is 6.07 Å². The van der Waals surface area contributed by atoms with Crippen LogP contribution in [0, 0.1) is 13.8 Å². The minimum atomic E-state index is -0.411. The van der Waals surface area contributed by atoms with Crippen LogP contribution < -0.4 is 5.56 Å². The molecule has 0 saturated carbocycles. The highest BCUT2D eigenvalue weighted by molar-refractivity contribution is 6.47. The van der Waals surface area contributed by atoms with Gasteiger partial charge >= 0.3 is 0 Å². The van der Waals surface area contributed by atoms with Crippen molar-refractivity contribution in [2.45, 2.75) is 20.3 Å². The largest absolute Gasteiger partial charge is 0.361 e. The van der Waals surface area contributed by atoms with Crippen LogP contribution in [0.5, 0.6) is 0 Å². The summed E-state index contributed by atoms with van der Waals surface area (Å²) >= 11 is 0.